The van der Waals surface area contributed by atoms with E-state index in [9.17, 15) is 9.59 Å². The monoisotopic (exact) mass is 363 g/mol. The average Bonchev–Trinajstić information content (AvgIpc) is 3.09. The molecule has 2 N–H and O–H groups in total. The first-order valence-electron chi connectivity index (χ1n) is 7.84. The zero-order chi connectivity index (χ0) is 19.6. The molecule has 7 nitrogen and oxygen atoms in total. The maximum absolute atomic E-state index is 9.55. The molecule has 3 aromatic rings. The van der Waals surface area contributed by atoms with E-state index in [0.29, 0.717) is 18.7 Å². The fraction of sp³-hybridized carbons (Fsp3) is 0.0500. The fourth-order valence-corrected chi connectivity index (χ4v) is 2.32. The number of hydrogen-bond acceptors (Lipinski definition) is 4. The highest BCUT2D eigenvalue weighted by molar-refractivity contribution is 5.89. The fourth-order valence-electron chi connectivity index (χ4n) is 2.32. The molecule has 27 heavy (non-hydrogen) atoms. The summed E-state index contributed by atoms with van der Waals surface area (Å²) in [5.41, 5.74) is 2.16. The number of nitrogens with zero attached hydrogens (tertiary/aromatic N) is 3. The Morgan fingerprint density at radius 2 is 1.70 bits per heavy atom. The van der Waals surface area contributed by atoms with Crippen LogP contribution in [0.2, 0.25) is 0 Å². The number of carbonyl (C=O) groups is 2. The van der Waals surface area contributed by atoms with Crippen LogP contribution in [0.15, 0.2) is 73.2 Å². The van der Waals surface area contributed by atoms with Gasteiger partial charge in [-0.25, -0.2) is 9.59 Å². The zero-order valence-electron chi connectivity index (χ0n) is 14.3. The van der Waals surface area contributed by atoms with Crippen LogP contribution in [0.5, 0.6) is 0 Å². The third-order valence-corrected chi connectivity index (χ3v) is 3.41. The van der Waals surface area contributed by atoms with Crippen LogP contribution in [-0.4, -0.2) is 38.4 Å². The van der Waals surface area contributed by atoms with Crippen LogP contribution in [0.1, 0.15) is 0 Å². The van der Waals surface area contributed by atoms with Crippen LogP contribution in [0.4, 0.5) is 5.69 Å². The van der Waals surface area contributed by atoms with E-state index in [4.69, 9.17) is 16.6 Å². The molecule has 7 heteroatoms. The Morgan fingerprint density at radius 3 is 2.30 bits per heavy atom. The van der Waals surface area contributed by atoms with E-state index in [-0.39, 0.29) is 0 Å². The molecule has 0 fully saturated rings. The van der Waals surface area contributed by atoms with Crippen molar-refractivity contribution in [1.82, 2.24) is 9.66 Å². The SMILES string of the molecule is C#CCN(c1ccncc1)n1ccc2ccccc21.O=C(O)/C=C\C(=O)O. The topological polar surface area (TPSA) is 95.7 Å². The van der Waals surface area contributed by atoms with Crippen molar-refractivity contribution in [3.8, 4) is 12.3 Å². The summed E-state index contributed by atoms with van der Waals surface area (Å²) < 4.78 is 2.07. The molecule has 136 valence electrons. The lowest BCUT2D eigenvalue weighted by molar-refractivity contribution is -0.134. The minimum atomic E-state index is -1.26. The van der Waals surface area contributed by atoms with Crippen molar-refractivity contribution in [3.05, 3.63) is 73.2 Å². The largest absolute Gasteiger partial charge is 0.478 e. The van der Waals surface area contributed by atoms with Crippen LogP contribution in [0, 0.1) is 12.3 Å². The van der Waals surface area contributed by atoms with Gasteiger partial charge < -0.3 is 10.2 Å². The van der Waals surface area contributed by atoms with Gasteiger partial charge in [-0.2, -0.15) is 0 Å². The van der Waals surface area contributed by atoms with Crippen molar-refractivity contribution in [3.63, 3.8) is 0 Å². The van der Waals surface area contributed by atoms with Gasteiger partial charge in [-0.15, -0.1) is 6.42 Å². The highest BCUT2D eigenvalue weighted by atomic mass is 16.4. The Bertz CT molecular complexity index is 971. The van der Waals surface area contributed by atoms with Gasteiger partial charge in [0.1, 0.15) is 6.54 Å². The Kier molecular flexibility index (Phi) is 6.74. The van der Waals surface area contributed by atoms with E-state index >= 15 is 0 Å². The predicted octanol–water partition coefficient (Wildman–Crippen LogP) is 2.65. The van der Waals surface area contributed by atoms with Gasteiger partial charge in [0, 0.05) is 36.1 Å². The van der Waals surface area contributed by atoms with Gasteiger partial charge in [-0.1, -0.05) is 24.1 Å². The molecule has 0 bridgehead atoms. The molecular weight excluding hydrogens is 346 g/mol. The normalized spacial score (nSPS) is 10.0. The minimum absolute atomic E-state index is 0.503. The number of aliphatic carboxylic acids is 2. The summed E-state index contributed by atoms with van der Waals surface area (Å²) in [6, 6.07) is 14.2. The number of para-hydroxylation sites is 1. The standard InChI is InChI=1S/C16H13N3.C4H4O4/c1-2-12-18(15-7-10-17-11-8-15)19-13-9-14-5-3-4-6-16(14)19;5-3(6)1-2-4(7)8/h1,3-11,13H,12H2;1-2H,(H,5,6)(H,7,8)/b;2-1-. The van der Waals surface area contributed by atoms with E-state index in [1.807, 2.05) is 35.5 Å². The first-order valence-corrected chi connectivity index (χ1v) is 7.84. The second kappa shape index (κ2) is 9.44. The molecule has 0 saturated heterocycles. The molecule has 0 atom stereocenters. The Hall–Kier alpha value is -4.05. The molecule has 0 saturated carbocycles. The van der Waals surface area contributed by atoms with Crippen LogP contribution in [0.3, 0.4) is 0 Å². The molecular formula is C20H17N3O4. The molecule has 2 heterocycles. The lowest BCUT2D eigenvalue weighted by Gasteiger charge is -2.24. The first kappa shape index (κ1) is 19.3. The highest BCUT2D eigenvalue weighted by Crippen LogP contribution is 2.20. The lowest BCUT2D eigenvalue weighted by atomic mass is 10.2. The molecule has 0 unspecified atom stereocenters. The summed E-state index contributed by atoms with van der Waals surface area (Å²) in [4.78, 5) is 23.2. The van der Waals surface area contributed by atoms with Crippen LogP contribution >= 0.6 is 0 Å². The van der Waals surface area contributed by atoms with Crippen molar-refractivity contribution in [2.45, 2.75) is 0 Å². The van der Waals surface area contributed by atoms with Crippen molar-refractivity contribution in [2.75, 3.05) is 11.6 Å². The molecule has 0 aliphatic heterocycles. The van der Waals surface area contributed by atoms with E-state index in [1.165, 1.54) is 5.39 Å². The zero-order valence-corrected chi connectivity index (χ0v) is 14.3. The van der Waals surface area contributed by atoms with Gasteiger partial charge in [-0.3, -0.25) is 14.7 Å². The van der Waals surface area contributed by atoms with Crippen molar-refractivity contribution >= 4 is 28.5 Å². The number of aromatic nitrogens is 2. The predicted molar refractivity (Wildman–Crippen MR) is 102 cm³/mol. The summed E-state index contributed by atoms with van der Waals surface area (Å²) in [6.45, 7) is 0.503. The second-order valence-corrected chi connectivity index (χ2v) is 5.20. The van der Waals surface area contributed by atoms with Crippen molar-refractivity contribution in [2.24, 2.45) is 0 Å². The van der Waals surface area contributed by atoms with E-state index < -0.39 is 11.9 Å². The number of carboxylic acid groups (broad SMARTS) is 2. The molecule has 1 aromatic carbocycles. The highest BCUT2D eigenvalue weighted by Gasteiger charge is 2.09. The molecule has 3 rings (SSSR count). The van der Waals surface area contributed by atoms with Gasteiger partial charge in [0.25, 0.3) is 0 Å². The van der Waals surface area contributed by atoms with E-state index in [2.05, 4.69) is 33.8 Å². The molecule has 0 aliphatic carbocycles. The third kappa shape index (κ3) is 5.47. The molecule has 0 amide bonds. The number of benzene rings is 1. The molecule has 0 radical (unpaired) electrons. The maximum Gasteiger partial charge on any atom is 0.328 e. The Balaban J connectivity index is 0.000000279. The number of pyridine rings is 1. The van der Waals surface area contributed by atoms with Gasteiger partial charge in [0.15, 0.2) is 0 Å². The number of hydrogen-bond donors (Lipinski definition) is 2. The van der Waals surface area contributed by atoms with Gasteiger partial charge in [0.2, 0.25) is 0 Å². The van der Waals surface area contributed by atoms with Crippen molar-refractivity contribution < 1.29 is 19.8 Å². The lowest BCUT2D eigenvalue weighted by Crippen LogP contribution is -2.29. The Labute approximate surface area is 155 Å². The van der Waals surface area contributed by atoms with Crippen molar-refractivity contribution in [1.29, 1.82) is 0 Å². The van der Waals surface area contributed by atoms with Crippen LogP contribution < -0.4 is 5.01 Å². The number of anilines is 1. The second-order valence-electron chi connectivity index (χ2n) is 5.20. The Morgan fingerprint density at radius 1 is 1.07 bits per heavy atom. The number of carboxylic acids is 2. The average molecular weight is 363 g/mol. The molecule has 2 aromatic heterocycles. The summed E-state index contributed by atoms with van der Waals surface area (Å²) >= 11 is 0. The minimum Gasteiger partial charge on any atom is -0.478 e. The van der Waals surface area contributed by atoms with E-state index in [1.54, 1.807) is 12.4 Å². The van der Waals surface area contributed by atoms with Crippen LogP contribution in [-0.2, 0) is 9.59 Å². The summed E-state index contributed by atoms with van der Waals surface area (Å²) in [7, 11) is 0. The summed E-state index contributed by atoms with van der Waals surface area (Å²) in [5, 5.41) is 18.9. The van der Waals surface area contributed by atoms with Gasteiger partial charge >= 0.3 is 11.9 Å². The molecule has 0 aliphatic rings. The maximum atomic E-state index is 9.55. The summed E-state index contributed by atoms with van der Waals surface area (Å²) in [5.74, 6) is 0.190. The number of rotatable bonds is 5. The number of terminal acetylenes is 1. The van der Waals surface area contributed by atoms with Gasteiger partial charge in [0.05, 0.1) is 11.2 Å². The third-order valence-electron chi connectivity index (χ3n) is 3.41. The smallest absolute Gasteiger partial charge is 0.328 e. The quantitative estimate of drug-likeness (QED) is 0.534. The molecule has 0 spiro atoms. The van der Waals surface area contributed by atoms with Gasteiger partial charge in [-0.05, 0) is 24.3 Å². The van der Waals surface area contributed by atoms with Crippen LogP contribution in [0.25, 0.3) is 10.9 Å². The number of fused-ring (bicyclic) bond motifs is 1. The van der Waals surface area contributed by atoms with E-state index in [0.717, 1.165) is 11.2 Å². The summed E-state index contributed by atoms with van der Waals surface area (Å²) in [6.07, 6.45) is 12.2. The first-order chi connectivity index (χ1) is 13.0.